The van der Waals surface area contributed by atoms with Crippen LogP contribution in [0.2, 0.25) is 0 Å². The molecule has 0 saturated carbocycles. The van der Waals surface area contributed by atoms with Gasteiger partial charge in [0.15, 0.2) is 6.04 Å². The molecule has 0 rings (SSSR count). The second-order valence-electron chi connectivity index (χ2n) is 2.85. The zero-order valence-electron chi connectivity index (χ0n) is 7.99. The Bertz CT molecular complexity index is 238. The van der Waals surface area contributed by atoms with Crippen LogP contribution in [0.15, 0.2) is 0 Å². The van der Waals surface area contributed by atoms with Gasteiger partial charge >= 0.3 is 5.97 Å². The Hall–Kier alpha value is -1.31. The number of carbonyl (C=O) groups is 2. The molecule has 1 N–H and O–H groups in total. The average molecular weight is 228 g/mol. The van der Waals surface area contributed by atoms with Crippen molar-refractivity contribution in [3.8, 4) is 0 Å². The third kappa shape index (κ3) is 5.21. The fourth-order valence-electron chi connectivity index (χ4n) is 0.957. The maximum absolute atomic E-state index is 12.9. The van der Waals surface area contributed by atoms with Crippen LogP contribution in [0.5, 0.6) is 0 Å². The minimum absolute atomic E-state index is 0.225. The van der Waals surface area contributed by atoms with E-state index in [9.17, 15) is 23.0 Å². The molecule has 0 unspecified atom stereocenters. The molecule has 8 heteroatoms. The zero-order chi connectivity index (χ0) is 12.0. The summed E-state index contributed by atoms with van der Waals surface area (Å²) in [6.07, 6.45) is -0.590. The third-order valence-corrected chi connectivity index (χ3v) is 1.66. The van der Waals surface area contributed by atoms with Gasteiger partial charge in [-0.05, 0) is 12.8 Å². The van der Waals surface area contributed by atoms with E-state index in [1.807, 2.05) is 0 Å². The van der Waals surface area contributed by atoms with Crippen molar-refractivity contribution in [2.45, 2.75) is 25.8 Å². The number of rotatable bonds is 6. The lowest BCUT2D eigenvalue weighted by molar-refractivity contribution is -0.168. The summed E-state index contributed by atoms with van der Waals surface area (Å²) in [4.78, 5) is 21.0. The van der Waals surface area contributed by atoms with Gasteiger partial charge in [-0.25, -0.2) is 4.79 Å². The van der Waals surface area contributed by atoms with Crippen LogP contribution in [0.25, 0.3) is 0 Å². The first-order valence-corrected chi connectivity index (χ1v) is 4.13. The van der Waals surface area contributed by atoms with Crippen LogP contribution < -0.4 is 0 Å². The molecule has 5 nitrogen and oxygen atoms in total. The highest BCUT2D eigenvalue weighted by atomic mass is 19.4. The number of hydrogen-bond donors (Lipinski definition) is 1. The lowest BCUT2D eigenvalue weighted by Crippen LogP contribution is -2.38. The minimum Gasteiger partial charge on any atom is -0.480 e. The summed E-state index contributed by atoms with van der Waals surface area (Å²) in [6.45, 7) is 0.183. The quantitative estimate of drug-likeness (QED) is 0.689. The highest BCUT2D eigenvalue weighted by Crippen LogP contribution is 2.10. The fourth-order valence-corrected chi connectivity index (χ4v) is 0.957. The Morgan fingerprint density at radius 2 is 1.87 bits per heavy atom. The van der Waals surface area contributed by atoms with Crippen molar-refractivity contribution in [2.24, 2.45) is 0 Å². The Morgan fingerprint density at radius 1 is 1.33 bits per heavy atom. The van der Waals surface area contributed by atoms with E-state index in [2.05, 4.69) is 0 Å². The Balaban J connectivity index is 4.17. The van der Waals surface area contributed by atoms with E-state index in [0.29, 0.717) is 0 Å². The van der Waals surface area contributed by atoms with Crippen molar-refractivity contribution < 1.29 is 28.1 Å². The SMILES string of the molecule is CC(=O)N(F)[C@@H](CCCN(F)F)C(=O)O. The highest BCUT2D eigenvalue weighted by molar-refractivity contribution is 5.81. The molecule has 0 aliphatic carbocycles. The molecular formula is C7H11F3N2O3. The molecule has 15 heavy (non-hydrogen) atoms. The molecule has 0 fully saturated rings. The maximum atomic E-state index is 12.9. The van der Waals surface area contributed by atoms with Crippen molar-refractivity contribution in [3.63, 3.8) is 0 Å². The van der Waals surface area contributed by atoms with Crippen LogP contribution in [0.4, 0.5) is 13.4 Å². The van der Waals surface area contributed by atoms with Crippen LogP contribution in [-0.2, 0) is 9.59 Å². The molecule has 0 radical (unpaired) electrons. The molecule has 88 valence electrons. The van der Waals surface area contributed by atoms with Gasteiger partial charge in [-0.15, -0.1) is 8.96 Å². The van der Waals surface area contributed by atoms with Gasteiger partial charge in [0, 0.05) is 12.3 Å². The van der Waals surface area contributed by atoms with Crippen molar-refractivity contribution in [2.75, 3.05) is 6.54 Å². The minimum atomic E-state index is -1.71. The Kier molecular flexibility index (Phi) is 5.68. The molecule has 0 bridgehead atoms. The highest BCUT2D eigenvalue weighted by Gasteiger charge is 2.27. The van der Waals surface area contributed by atoms with E-state index in [1.165, 1.54) is 0 Å². The van der Waals surface area contributed by atoms with Crippen molar-refractivity contribution in [3.05, 3.63) is 0 Å². The number of halogens is 3. The smallest absolute Gasteiger partial charge is 0.329 e. The van der Waals surface area contributed by atoms with Crippen LogP contribution in [0, 0.1) is 0 Å². The molecule has 0 heterocycles. The number of carboxylic acids is 1. The first kappa shape index (κ1) is 13.7. The number of amides is 1. The van der Waals surface area contributed by atoms with Crippen LogP contribution >= 0.6 is 0 Å². The van der Waals surface area contributed by atoms with Crippen LogP contribution in [-0.4, -0.2) is 40.0 Å². The van der Waals surface area contributed by atoms with E-state index in [-0.39, 0.29) is 12.8 Å². The molecule has 1 atom stereocenters. The monoisotopic (exact) mass is 228 g/mol. The number of nitrogens with zero attached hydrogens (tertiary/aromatic N) is 2. The van der Waals surface area contributed by atoms with Crippen molar-refractivity contribution >= 4 is 11.9 Å². The number of carbonyl (C=O) groups excluding carboxylic acids is 1. The van der Waals surface area contributed by atoms with Gasteiger partial charge in [0.05, 0.1) is 6.54 Å². The van der Waals surface area contributed by atoms with Crippen LogP contribution in [0.3, 0.4) is 0 Å². The summed E-state index contributed by atoms with van der Waals surface area (Å²) in [5.74, 6) is -2.63. The average Bonchev–Trinajstić information content (AvgIpc) is 2.10. The molecule has 0 aromatic heterocycles. The van der Waals surface area contributed by atoms with E-state index in [1.54, 1.807) is 0 Å². The second kappa shape index (κ2) is 6.23. The van der Waals surface area contributed by atoms with Crippen molar-refractivity contribution in [1.82, 2.24) is 10.5 Å². The summed E-state index contributed by atoms with van der Waals surface area (Å²) in [5.41, 5.74) is 0. The first-order valence-electron chi connectivity index (χ1n) is 4.13. The van der Waals surface area contributed by atoms with E-state index in [4.69, 9.17) is 5.11 Å². The predicted molar refractivity (Wildman–Crippen MR) is 43.2 cm³/mol. The topological polar surface area (TPSA) is 60.9 Å². The lowest BCUT2D eigenvalue weighted by atomic mass is 10.1. The molecule has 0 aliphatic heterocycles. The number of hydrogen-bond acceptors (Lipinski definition) is 3. The second-order valence-corrected chi connectivity index (χ2v) is 2.85. The summed E-state index contributed by atoms with van der Waals surface area (Å²) in [5, 5.41) is 6.92. The van der Waals surface area contributed by atoms with E-state index in [0.717, 1.165) is 6.92 Å². The van der Waals surface area contributed by atoms with Gasteiger partial charge in [-0.1, -0.05) is 4.48 Å². The maximum Gasteiger partial charge on any atom is 0.329 e. The van der Waals surface area contributed by atoms with Gasteiger partial charge in [0.2, 0.25) is 5.91 Å². The van der Waals surface area contributed by atoms with Gasteiger partial charge in [-0.3, -0.25) is 4.79 Å². The zero-order valence-corrected chi connectivity index (χ0v) is 7.99. The molecule has 0 spiro atoms. The fraction of sp³-hybridized carbons (Fsp3) is 0.714. The molecular weight excluding hydrogens is 217 g/mol. The normalized spacial score (nSPS) is 12.6. The van der Waals surface area contributed by atoms with Crippen LogP contribution in [0.1, 0.15) is 19.8 Å². The summed E-state index contributed by atoms with van der Waals surface area (Å²) in [7, 11) is 0. The molecule has 0 saturated heterocycles. The number of carboxylic acid groups (broad SMARTS) is 1. The predicted octanol–water partition coefficient (Wildman–Crippen LogP) is 1.02. The Morgan fingerprint density at radius 3 is 2.20 bits per heavy atom. The third-order valence-electron chi connectivity index (χ3n) is 1.66. The lowest BCUT2D eigenvalue weighted by Gasteiger charge is -2.18. The summed E-state index contributed by atoms with van der Waals surface area (Å²) >= 11 is 0. The largest absolute Gasteiger partial charge is 0.480 e. The molecule has 0 aromatic carbocycles. The standard InChI is InChI=1S/C7H11F3N2O3/c1-5(13)12(10)6(7(14)15)3-2-4-11(8)9/h6H,2-4H2,1H3,(H,14,15)/t6-/m0/s1. The van der Waals surface area contributed by atoms with Gasteiger partial charge in [0.1, 0.15) is 0 Å². The summed E-state index contributed by atoms with van der Waals surface area (Å²) in [6, 6.07) is -1.71. The van der Waals surface area contributed by atoms with E-state index < -0.39 is 34.9 Å². The van der Waals surface area contributed by atoms with Gasteiger partial charge in [-0.2, -0.15) is 5.12 Å². The Labute approximate surface area is 83.9 Å². The van der Waals surface area contributed by atoms with E-state index >= 15 is 0 Å². The molecule has 0 aliphatic rings. The van der Waals surface area contributed by atoms with Crippen molar-refractivity contribution in [1.29, 1.82) is 0 Å². The van der Waals surface area contributed by atoms with Gasteiger partial charge < -0.3 is 5.11 Å². The first-order chi connectivity index (χ1) is 6.86. The van der Waals surface area contributed by atoms with Gasteiger partial charge in [0.25, 0.3) is 0 Å². The number of aliphatic carboxylic acids is 1. The molecule has 1 amide bonds. The summed E-state index contributed by atoms with van der Waals surface area (Å²) < 4.78 is 36.0. The molecule has 0 aromatic rings.